The monoisotopic (exact) mass is 263 g/mol. The van der Waals surface area contributed by atoms with Gasteiger partial charge in [-0.15, -0.1) is 0 Å². The van der Waals surface area contributed by atoms with Crippen LogP contribution < -0.4 is 4.90 Å². The molecule has 1 aromatic rings. The maximum atomic E-state index is 12.1. The summed E-state index contributed by atoms with van der Waals surface area (Å²) in [6.45, 7) is 6.94. The SMILES string of the molecule is CCOC(=O)C1CCCCN1c1nc(C)cnc1C. The van der Waals surface area contributed by atoms with Crippen LogP contribution >= 0.6 is 0 Å². The van der Waals surface area contributed by atoms with E-state index in [1.807, 2.05) is 20.8 Å². The van der Waals surface area contributed by atoms with E-state index in [-0.39, 0.29) is 12.0 Å². The normalized spacial score (nSPS) is 19.3. The van der Waals surface area contributed by atoms with Gasteiger partial charge in [0.2, 0.25) is 0 Å². The van der Waals surface area contributed by atoms with Crippen LogP contribution in [0.25, 0.3) is 0 Å². The number of nitrogens with zero attached hydrogens (tertiary/aromatic N) is 3. The molecule has 0 amide bonds. The van der Waals surface area contributed by atoms with E-state index < -0.39 is 0 Å². The van der Waals surface area contributed by atoms with Crippen LogP contribution in [0.3, 0.4) is 0 Å². The van der Waals surface area contributed by atoms with Gasteiger partial charge in [0.25, 0.3) is 0 Å². The number of hydrogen-bond acceptors (Lipinski definition) is 5. The van der Waals surface area contributed by atoms with Gasteiger partial charge in [-0.2, -0.15) is 0 Å². The molecule has 5 nitrogen and oxygen atoms in total. The Hall–Kier alpha value is -1.65. The zero-order chi connectivity index (χ0) is 13.8. The van der Waals surface area contributed by atoms with Crippen molar-refractivity contribution in [3.63, 3.8) is 0 Å². The van der Waals surface area contributed by atoms with Crippen molar-refractivity contribution in [2.45, 2.75) is 46.1 Å². The summed E-state index contributed by atoms with van der Waals surface area (Å²) in [6, 6.07) is -0.219. The molecule has 0 radical (unpaired) electrons. The zero-order valence-electron chi connectivity index (χ0n) is 11.8. The van der Waals surface area contributed by atoms with E-state index >= 15 is 0 Å². The Labute approximate surface area is 114 Å². The van der Waals surface area contributed by atoms with Gasteiger partial charge in [-0.1, -0.05) is 0 Å². The van der Waals surface area contributed by atoms with Crippen LogP contribution in [-0.2, 0) is 9.53 Å². The number of hydrogen-bond donors (Lipinski definition) is 0. The van der Waals surface area contributed by atoms with Crippen LogP contribution in [0.1, 0.15) is 37.6 Å². The van der Waals surface area contributed by atoms with Gasteiger partial charge in [-0.25, -0.2) is 9.78 Å². The number of carbonyl (C=O) groups excluding carboxylic acids is 1. The third kappa shape index (κ3) is 3.03. The Morgan fingerprint density at radius 1 is 1.47 bits per heavy atom. The predicted octanol–water partition coefficient (Wildman–Crippen LogP) is 2.02. The lowest BCUT2D eigenvalue weighted by Gasteiger charge is -2.35. The van der Waals surface area contributed by atoms with Crippen LogP contribution in [0.2, 0.25) is 0 Å². The minimum absolute atomic E-state index is 0.148. The maximum absolute atomic E-state index is 12.1. The standard InChI is InChI=1S/C14H21N3O2/c1-4-19-14(18)12-7-5-6-8-17(12)13-11(3)15-9-10(2)16-13/h9,12H,4-8H2,1-3H3. The van der Waals surface area contributed by atoms with E-state index in [9.17, 15) is 4.79 Å². The number of esters is 1. The van der Waals surface area contributed by atoms with Gasteiger partial charge >= 0.3 is 5.97 Å². The number of anilines is 1. The Kier molecular flexibility index (Phi) is 4.35. The lowest BCUT2D eigenvalue weighted by Crippen LogP contribution is -2.46. The fraction of sp³-hybridized carbons (Fsp3) is 0.643. The first kappa shape index (κ1) is 13.8. The number of piperidine rings is 1. The fourth-order valence-corrected chi connectivity index (χ4v) is 2.47. The van der Waals surface area contributed by atoms with Gasteiger partial charge in [0.05, 0.1) is 18.0 Å². The van der Waals surface area contributed by atoms with Gasteiger partial charge in [-0.3, -0.25) is 4.98 Å². The van der Waals surface area contributed by atoms with Crippen molar-refractivity contribution in [1.82, 2.24) is 9.97 Å². The maximum Gasteiger partial charge on any atom is 0.328 e. The van der Waals surface area contributed by atoms with Gasteiger partial charge in [-0.05, 0) is 40.0 Å². The molecular weight excluding hydrogens is 242 g/mol. The molecule has 1 unspecified atom stereocenters. The Balaban J connectivity index is 2.28. The fourth-order valence-electron chi connectivity index (χ4n) is 2.47. The first-order chi connectivity index (χ1) is 9.13. The van der Waals surface area contributed by atoms with E-state index in [1.54, 1.807) is 6.20 Å². The Morgan fingerprint density at radius 3 is 3.00 bits per heavy atom. The summed E-state index contributed by atoms with van der Waals surface area (Å²) in [7, 11) is 0. The molecule has 0 saturated carbocycles. The highest BCUT2D eigenvalue weighted by atomic mass is 16.5. The Morgan fingerprint density at radius 2 is 2.26 bits per heavy atom. The quantitative estimate of drug-likeness (QED) is 0.781. The van der Waals surface area contributed by atoms with Crippen LogP contribution in [0, 0.1) is 13.8 Å². The first-order valence-corrected chi connectivity index (χ1v) is 6.87. The van der Waals surface area contributed by atoms with Crippen LogP contribution in [0.4, 0.5) is 5.82 Å². The molecule has 5 heteroatoms. The molecule has 1 atom stereocenters. The lowest BCUT2D eigenvalue weighted by atomic mass is 10.0. The van der Waals surface area contributed by atoms with Crippen molar-refractivity contribution >= 4 is 11.8 Å². The second kappa shape index (κ2) is 5.99. The van der Waals surface area contributed by atoms with Gasteiger partial charge in [0.1, 0.15) is 6.04 Å². The molecule has 1 aromatic heterocycles. The van der Waals surface area contributed by atoms with Crippen LogP contribution in [0.5, 0.6) is 0 Å². The largest absolute Gasteiger partial charge is 0.464 e. The van der Waals surface area contributed by atoms with Gasteiger partial charge in [0.15, 0.2) is 5.82 Å². The third-order valence-electron chi connectivity index (χ3n) is 3.38. The summed E-state index contributed by atoms with van der Waals surface area (Å²) in [4.78, 5) is 23.0. The molecule has 1 saturated heterocycles. The van der Waals surface area contributed by atoms with Crippen molar-refractivity contribution < 1.29 is 9.53 Å². The lowest BCUT2D eigenvalue weighted by molar-refractivity contribution is -0.145. The van der Waals surface area contributed by atoms with Crippen molar-refractivity contribution in [1.29, 1.82) is 0 Å². The summed E-state index contributed by atoms with van der Waals surface area (Å²) in [6.07, 6.45) is 4.71. The highest BCUT2D eigenvalue weighted by Crippen LogP contribution is 2.26. The van der Waals surface area contributed by atoms with E-state index in [2.05, 4.69) is 14.9 Å². The third-order valence-corrected chi connectivity index (χ3v) is 3.38. The average Bonchev–Trinajstić information content (AvgIpc) is 2.42. The van der Waals surface area contributed by atoms with Crippen LogP contribution in [-0.4, -0.2) is 35.1 Å². The van der Waals surface area contributed by atoms with E-state index in [4.69, 9.17) is 4.74 Å². The molecule has 2 heterocycles. The van der Waals surface area contributed by atoms with Crippen LogP contribution in [0.15, 0.2) is 6.20 Å². The summed E-state index contributed by atoms with van der Waals surface area (Å²) in [5, 5.41) is 0. The predicted molar refractivity (Wildman–Crippen MR) is 73.1 cm³/mol. The zero-order valence-corrected chi connectivity index (χ0v) is 11.8. The summed E-state index contributed by atoms with van der Waals surface area (Å²) in [5.74, 6) is 0.669. The second-order valence-corrected chi connectivity index (χ2v) is 4.88. The first-order valence-electron chi connectivity index (χ1n) is 6.87. The molecule has 0 aliphatic carbocycles. The molecule has 0 spiro atoms. The summed E-state index contributed by atoms with van der Waals surface area (Å²) >= 11 is 0. The molecular formula is C14H21N3O2. The average molecular weight is 263 g/mol. The minimum Gasteiger partial charge on any atom is -0.464 e. The van der Waals surface area contributed by atoms with Gasteiger partial charge in [0, 0.05) is 12.7 Å². The van der Waals surface area contributed by atoms with Crippen molar-refractivity contribution in [2.75, 3.05) is 18.1 Å². The molecule has 104 valence electrons. The molecule has 1 aliphatic heterocycles. The molecule has 0 aromatic carbocycles. The van der Waals surface area contributed by atoms with Crippen molar-refractivity contribution in [2.24, 2.45) is 0 Å². The topological polar surface area (TPSA) is 55.3 Å². The second-order valence-electron chi connectivity index (χ2n) is 4.88. The molecule has 0 N–H and O–H groups in total. The number of ether oxygens (including phenoxy) is 1. The van der Waals surface area contributed by atoms with Crippen molar-refractivity contribution in [3.8, 4) is 0 Å². The molecule has 1 fully saturated rings. The smallest absolute Gasteiger partial charge is 0.328 e. The Bertz CT molecular complexity index is 462. The highest BCUT2D eigenvalue weighted by Gasteiger charge is 2.31. The summed E-state index contributed by atoms with van der Waals surface area (Å²) < 4.78 is 5.17. The number of aryl methyl sites for hydroxylation is 2. The molecule has 2 rings (SSSR count). The van der Waals surface area contributed by atoms with Gasteiger partial charge < -0.3 is 9.64 Å². The minimum atomic E-state index is -0.219. The highest BCUT2D eigenvalue weighted by molar-refractivity contribution is 5.80. The molecule has 1 aliphatic rings. The van der Waals surface area contributed by atoms with E-state index in [0.29, 0.717) is 6.61 Å². The number of carbonyl (C=O) groups is 1. The number of aromatic nitrogens is 2. The molecule has 19 heavy (non-hydrogen) atoms. The van der Waals surface area contributed by atoms with E-state index in [1.165, 1.54) is 0 Å². The summed E-state index contributed by atoms with van der Waals surface area (Å²) in [5.41, 5.74) is 1.73. The van der Waals surface area contributed by atoms with Crippen molar-refractivity contribution in [3.05, 3.63) is 17.6 Å². The van der Waals surface area contributed by atoms with E-state index in [0.717, 1.165) is 43.0 Å². The number of rotatable bonds is 3. The molecule has 0 bridgehead atoms.